The summed E-state index contributed by atoms with van der Waals surface area (Å²) in [7, 11) is -3.49. The van der Waals surface area contributed by atoms with E-state index in [9.17, 15) is 17.6 Å². The van der Waals surface area contributed by atoms with Gasteiger partial charge in [0, 0.05) is 44.0 Å². The largest absolute Gasteiger partial charge is 0.474 e. The van der Waals surface area contributed by atoms with Gasteiger partial charge in [-0.2, -0.15) is 0 Å². The average Bonchev–Trinajstić information content (AvgIpc) is 3.49. The molecule has 5 rings (SSSR count). The van der Waals surface area contributed by atoms with Gasteiger partial charge >= 0.3 is 0 Å². The highest BCUT2D eigenvalue weighted by Gasteiger charge is 2.31. The van der Waals surface area contributed by atoms with E-state index in [1.165, 1.54) is 43.1 Å². The van der Waals surface area contributed by atoms with Crippen LogP contribution >= 0.6 is 11.8 Å². The van der Waals surface area contributed by atoms with Crippen LogP contribution in [-0.2, 0) is 16.3 Å². The Hall–Kier alpha value is -2.40. The summed E-state index contributed by atoms with van der Waals surface area (Å²) in [5, 5.41) is 0.647. The molecule has 0 spiro atoms. The van der Waals surface area contributed by atoms with E-state index >= 15 is 0 Å². The number of likely N-dealkylation sites (tertiary alicyclic amines) is 1. The maximum Gasteiger partial charge on any atom is 0.281 e. The molecule has 1 saturated heterocycles. The zero-order chi connectivity index (χ0) is 24.6. The van der Waals surface area contributed by atoms with Crippen LogP contribution in [0.5, 0.6) is 5.88 Å². The Morgan fingerprint density at radius 2 is 1.86 bits per heavy atom. The molecule has 1 aromatic heterocycles. The Morgan fingerprint density at radius 1 is 1.11 bits per heavy atom. The van der Waals surface area contributed by atoms with E-state index in [1.807, 2.05) is 4.90 Å². The maximum absolute atomic E-state index is 14.8. The van der Waals surface area contributed by atoms with Gasteiger partial charge in [-0.25, -0.2) is 22.8 Å². The van der Waals surface area contributed by atoms with Crippen LogP contribution in [0.3, 0.4) is 0 Å². The van der Waals surface area contributed by atoms with E-state index in [0.717, 1.165) is 43.6 Å². The summed E-state index contributed by atoms with van der Waals surface area (Å²) in [4.78, 5) is 24.9. The van der Waals surface area contributed by atoms with Gasteiger partial charge in [0.05, 0.1) is 16.1 Å². The molecule has 0 bridgehead atoms. The van der Waals surface area contributed by atoms with E-state index in [1.54, 1.807) is 4.90 Å². The van der Waals surface area contributed by atoms with Gasteiger partial charge in [0.25, 0.3) is 5.24 Å². The first-order valence-electron chi connectivity index (χ1n) is 12.0. The fraction of sp³-hybridized carbons (Fsp3) is 0.542. The number of anilines is 2. The maximum atomic E-state index is 14.8. The second-order valence-corrected chi connectivity index (χ2v) is 12.6. The molecule has 8 nitrogen and oxygen atoms in total. The molecule has 1 saturated carbocycles. The SMILES string of the molecule is CS(=O)(=O)c1ccc(N2CCc3c(OC4CCN(C(=O)SC5CCCC5)CC4)ncnc32)c(F)c1. The Morgan fingerprint density at radius 3 is 2.54 bits per heavy atom. The van der Waals surface area contributed by atoms with Gasteiger partial charge in [-0.15, -0.1) is 0 Å². The summed E-state index contributed by atoms with van der Waals surface area (Å²) >= 11 is 1.49. The van der Waals surface area contributed by atoms with Gasteiger partial charge in [-0.3, -0.25) is 4.79 Å². The average molecular weight is 521 g/mol. The number of ether oxygens (including phenoxy) is 1. The second kappa shape index (κ2) is 9.93. The number of fused-ring (bicyclic) bond motifs is 1. The van der Waals surface area contributed by atoms with Gasteiger partial charge < -0.3 is 14.5 Å². The molecule has 0 N–H and O–H groups in total. The standard InChI is InChI=1S/C24H29FN4O4S2/c1-35(31,32)18-6-7-21(20(25)14-18)29-13-10-19-22(29)26-15-27-23(19)33-16-8-11-28(12-9-16)24(30)34-17-4-2-3-5-17/h6-7,14-17H,2-5,8-13H2,1H3. The summed E-state index contributed by atoms with van der Waals surface area (Å²) in [6.45, 7) is 1.83. The quantitative estimate of drug-likeness (QED) is 0.575. The number of benzene rings is 1. The zero-order valence-electron chi connectivity index (χ0n) is 19.7. The van der Waals surface area contributed by atoms with Gasteiger partial charge in [-0.05, 0) is 37.5 Å². The summed E-state index contributed by atoms with van der Waals surface area (Å²) in [6, 6.07) is 3.92. The smallest absolute Gasteiger partial charge is 0.281 e. The number of thioether (sulfide) groups is 1. The predicted molar refractivity (Wildman–Crippen MR) is 133 cm³/mol. The van der Waals surface area contributed by atoms with Crippen LogP contribution in [0, 0.1) is 5.82 Å². The number of hydrogen-bond acceptors (Lipinski definition) is 8. The molecule has 2 aliphatic heterocycles. The molecule has 0 radical (unpaired) electrons. The van der Waals surface area contributed by atoms with Crippen LogP contribution in [-0.4, -0.2) is 65.8 Å². The third kappa shape index (κ3) is 5.25. The monoisotopic (exact) mass is 520 g/mol. The minimum Gasteiger partial charge on any atom is -0.474 e. The highest BCUT2D eigenvalue weighted by atomic mass is 32.2. The van der Waals surface area contributed by atoms with Gasteiger partial charge in [0.2, 0.25) is 5.88 Å². The highest BCUT2D eigenvalue weighted by Crippen LogP contribution is 2.39. The van der Waals surface area contributed by atoms with Crippen molar-refractivity contribution in [2.24, 2.45) is 0 Å². The molecule has 2 aromatic rings. The number of hydrogen-bond donors (Lipinski definition) is 0. The normalized spacial score (nSPS) is 19.3. The van der Waals surface area contributed by atoms with Gasteiger partial charge in [0.1, 0.15) is 24.1 Å². The lowest BCUT2D eigenvalue weighted by atomic mass is 10.1. The van der Waals surface area contributed by atoms with Crippen molar-refractivity contribution in [3.8, 4) is 5.88 Å². The van der Waals surface area contributed by atoms with E-state index in [2.05, 4.69) is 9.97 Å². The molecule has 1 amide bonds. The molecular weight excluding hydrogens is 491 g/mol. The first kappa shape index (κ1) is 24.3. The van der Waals surface area contributed by atoms with Crippen LogP contribution in [0.15, 0.2) is 29.4 Å². The molecule has 1 aliphatic carbocycles. The van der Waals surface area contributed by atoms with Crippen molar-refractivity contribution in [1.82, 2.24) is 14.9 Å². The summed E-state index contributed by atoms with van der Waals surface area (Å²) in [6.07, 6.45) is 9.20. The molecule has 188 valence electrons. The zero-order valence-corrected chi connectivity index (χ0v) is 21.3. The van der Waals surface area contributed by atoms with E-state index < -0.39 is 15.7 Å². The van der Waals surface area contributed by atoms with Crippen LogP contribution in [0.25, 0.3) is 0 Å². The van der Waals surface area contributed by atoms with E-state index in [4.69, 9.17) is 4.74 Å². The molecule has 3 heterocycles. The molecule has 2 fully saturated rings. The van der Waals surface area contributed by atoms with Crippen LogP contribution in [0.2, 0.25) is 0 Å². The number of sulfone groups is 1. The van der Waals surface area contributed by atoms with Crippen molar-refractivity contribution in [3.63, 3.8) is 0 Å². The van der Waals surface area contributed by atoms with Crippen molar-refractivity contribution in [2.75, 3.05) is 30.8 Å². The number of halogens is 1. The first-order chi connectivity index (χ1) is 16.8. The molecular formula is C24H29FN4O4S2. The molecule has 35 heavy (non-hydrogen) atoms. The molecule has 1 aromatic carbocycles. The molecule has 0 atom stereocenters. The molecule has 0 unspecified atom stereocenters. The minimum atomic E-state index is -3.49. The van der Waals surface area contributed by atoms with E-state index in [0.29, 0.717) is 43.0 Å². The predicted octanol–water partition coefficient (Wildman–Crippen LogP) is 4.35. The molecule has 3 aliphatic rings. The number of piperidine rings is 1. The summed E-state index contributed by atoms with van der Waals surface area (Å²) in [5.41, 5.74) is 1.08. The van der Waals surface area contributed by atoms with Crippen molar-refractivity contribution >= 4 is 38.3 Å². The fourth-order valence-corrected chi connectivity index (χ4v) is 6.80. The number of carbonyl (C=O) groups is 1. The van der Waals surface area contributed by atoms with Crippen LogP contribution in [0.1, 0.15) is 44.1 Å². The van der Waals surface area contributed by atoms with Gasteiger partial charge in [0.15, 0.2) is 9.84 Å². The Kier molecular flexibility index (Phi) is 6.89. The number of amides is 1. The second-order valence-electron chi connectivity index (χ2n) is 9.36. The third-order valence-corrected chi connectivity index (χ3v) is 9.29. The number of nitrogens with zero attached hydrogens (tertiary/aromatic N) is 4. The van der Waals surface area contributed by atoms with Crippen molar-refractivity contribution in [1.29, 1.82) is 0 Å². The van der Waals surface area contributed by atoms with Crippen LogP contribution < -0.4 is 9.64 Å². The van der Waals surface area contributed by atoms with Crippen LogP contribution in [0.4, 0.5) is 20.7 Å². The van der Waals surface area contributed by atoms with Crippen molar-refractivity contribution in [2.45, 2.75) is 61.2 Å². The number of carbonyl (C=O) groups excluding carboxylic acids is 1. The topological polar surface area (TPSA) is 92.7 Å². The number of rotatable bonds is 5. The lowest BCUT2D eigenvalue weighted by molar-refractivity contribution is 0.114. The lowest BCUT2D eigenvalue weighted by Crippen LogP contribution is -2.40. The summed E-state index contributed by atoms with van der Waals surface area (Å²) in [5.74, 6) is 0.451. The fourth-order valence-electron chi connectivity index (χ4n) is 4.98. The van der Waals surface area contributed by atoms with E-state index in [-0.39, 0.29) is 21.9 Å². The molecule has 11 heteroatoms. The van der Waals surface area contributed by atoms with Crippen molar-refractivity contribution in [3.05, 3.63) is 35.9 Å². The third-order valence-electron chi connectivity index (χ3n) is 6.91. The minimum absolute atomic E-state index is 0.0469. The number of aromatic nitrogens is 2. The Balaban J connectivity index is 1.24. The lowest BCUT2D eigenvalue weighted by Gasteiger charge is -2.32. The first-order valence-corrected chi connectivity index (χ1v) is 14.8. The van der Waals surface area contributed by atoms with Gasteiger partial charge in [-0.1, -0.05) is 24.6 Å². The van der Waals surface area contributed by atoms with Crippen molar-refractivity contribution < 1.29 is 22.3 Å². The Labute approximate surface area is 209 Å². The summed E-state index contributed by atoms with van der Waals surface area (Å²) < 4.78 is 44.5. The highest BCUT2D eigenvalue weighted by molar-refractivity contribution is 8.14. The Bertz CT molecular complexity index is 1210.